The quantitative estimate of drug-likeness (QED) is 0.866. The molecule has 3 heteroatoms. The molecule has 0 heterocycles. The Hall–Kier alpha value is -0.830. The third-order valence-electron chi connectivity index (χ3n) is 2.57. The van der Waals surface area contributed by atoms with Gasteiger partial charge < -0.3 is 5.11 Å². The van der Waals surface area contributed by atoms with Crippen LogP contribution in [0.5, 0.6) is 0 Å². The lowest BCUT2D eigenvalue weighted by Crippen LogP contribution is -1.99. The first-order chi connectivity index (χ1) is 8.06. The molecule has 0 radical (unpaired) electrons. The summed E-state index contributed by atoms with van der Waals surface area (Å²) in [5.41, 5.74) is 2.83. The normalized spacial score (nSPS) is 12.5. The van der Waals surface area contributed by atoms with Crippen molar-refractivity contribution in [3.05, 3.63) is 68.7 Å². The van der Waals surface area contributed by atoms with Crippen LogP contribution in [-0.4, -0.2) is 5.11 Å². The minimum absolute atomic E-state index is 0.622. The van der Waals surface area contributed by atoms with Gasteiger partial charge >= 0.3 is 0 Å². The number of benzene rings is 2. The van der Waals surface area contributed by atoms with Crippen LogP contribution < -0.4 is 0 Å². The molecule has 0 saturated carbocycles. The Morgan fingerprint density at radius 2 is 1.71 bits per heavy atom. The van der Waals surface area contributed by atoms with Crippen molar-refractivity contribution in [1.29, 1.82) is 0 Å². The molecule has 0 aliphatic heterocycles. The molecule has 1 atom stereocenters. The van der Waals surface area contributed by atoms with Crippen molar-refractivity contribution >= 4 is 27.5 Å². The topological polar surface area (TPSA) is 20.2 Å². The minimum Gasteiger partial charge on any atom is -0.384 e. The van der Waals surface area contributed by atoms with E-state index in [1.165, 1.54) is 0 Å². The summed E-state index contributed by atoms with van der Waals surface area (Å²) in [7, 11) is 0. The van der Waals surface area contributed by atoms with Crippen LogP contribution in [0.3, 0.4) is 0 Å². The van der Waals surface area contributed by atoms with E-state index in [1.54, 1.807) is 12.1 Å². The molecule has 1 N–H and O–H groups in total. The van der Waals surface area contributed by atoms with Crippen molar-refractivity contribution < 1.29 is 5.11 Å². The lowest BCUT2D eigenvalue weighted by atomic mass is 10.0. The zero-order chi connectivity index (χ0) is 12.4. The van der Waals surface area contributed by atoms with Gasteiger partial charge in [-0.15, -0.1) is 0 Å². The molecule has 1 unspecified atom stereocenters. The average Bonchev–Trinajstić information content (AvgIpc) is 2.28. The summed E-state index contributed by atoms with van der Waals surface area (Å²) >= 11 is 9.26. The highest BCUT2D eigenvalue weighted by molar-refractivity contribution is 9.10. The van der Waals surface area contributed by atoms with Gasteiger partial charge in [0.15, 0.2) is 0 Å². The average molecular weight is 312 g/mol. The summed E-state index contributed by atoms with van der Waals surface area (Å²) in [6.45, 7) is 2.00. The van der Waals surface area contributed by atoms with E-state index in [-0.39, 0.29) is 0 Å². The van der Waals surface area contributed by atoms with E-state index in [2.05, 4.69) is 15.9 Å². The summed E-state index contributed by atoms with van der Waals surface area (Å²) in [5.74, 6) is 0. The second kappa shape index (κ2) is 5.21. The largest absolute Gasteiger partial charge is 0.384 e. The molecule has 0 aromatic heterocycles. The maximum absolute atomic E-state index is 10.3. The van der Waals surface area contributed by atoms with Crippen molar-refractivity contribution in [2.75, 3.05) is 0 Å². The van der Waals surface area contributed by atoms with Crippen LogP contribution in [0.15, 0.2) is 46.9 Å². The van der Waals surface area contributed by atoms with Gasteiger partial charge in [-0.05, 0) is 47.9 Å². The zero-order valence-corrected chi connectivity index (χ0v) is 11.7. The van der Waals surface area contributed by atoms with E-state index >= 15 is 0 Å². The van der Waals surface area contributed by atoms with Crippen molar-refractivity contribution in [3.8, 4) is 0 Å². The second-order valence-corrected chi connectivity index (χ2v) is 5.37. The highest BCUT2D eigenvalue weighted by atomic mass is 79.9. The van der Waals surface area contributed by atoms with E-state index in [9.17, 15) is 5.11 Å². The van der Waals surface area contributed by atoms with Crippen LogP contribution in [0, 0.1) is 6.92 Å². The fourth-order valence-electron chi connectivity index (χ4n) is 1.76. The number of aryl methyl sites for hydroxylation is 1. The summed E-state index contributed by atoms with van der Waals surface area (Å²) in [6, 6.07) is 13.1. The van der Waals surface area contributed by atoms with Gasteiger partial charge in [0, 0.05) is 9.50 Å². The van der Waals surface area contributed by atoms with Gasteiger partial charge in [0.05, 0.1) is 0 Å². The molecule has 0 aliphatic rings. The van der Waals surface area contributed by atoms with Gasteiger partial charge in [-0.25, -0.2) is 0 Å². The van der Waals surface area contributed by atoms with Crippen molar-refractivity contribution in [2.45, 2.75) is 13.0 Å². The summed E-state index contributed by atoms with van der Waals surface area (Å²) in [5, 5.41) is 10.9. The Labute approximate surface area is 114 Å². The molecule has 1 nitrogen and oxygen atoms in total. The Kier molecular flexibility index (Phi) is 3.87. The maximum atomic E-state index is 10.3. The SMILES string of the molecule is Cc1cc(Br)cc(C(O)c2ccc(Cl)cc2)c1. The van der Waals surface area contributed by atoms with Crippen molar-refractivity contribution in [1.82, 2.24) is 0 Å². The predicted octanol–water partition coefficient (Wildman–Crippen LogP) is 4.49. The van der Waals surface area contributed by atoms with Crippen LogP contribution >= 0.6 is 27.5 Å². The lowest BCUT2D eigenvalue weighted by Gasteiger charge is -2.13. The molecule has 0 bridgehead atoms. The number of hydrogen-bond donors (Lipinski definition) is 1. The number of rotatable bonds is 2. The Morgan fingerprint density at radius 3 is 2.29 bits per heavy atom. The highest BCUT2D eigenvalue weighted by Crippen LogP contribution is 2.26. The standard InChI is InChI=1S/C14H12BrClO/c1-9-6-11(8-12(15)7-9)14(17)10-2-4-13(16)5-3-10/h2-8,14,17H,1H3. The molecule has 0 spiro atoms. The van der Waals surface area contributed by atoms with Gasteiger partial charge in [0.1, 0.15) is 6.10 Å². The molecule has 88 valence electrons. The van der Waals surface area contributed by atoms with Crippen LogP contribution in [0.1, 0.15) is 22.8 Å². The molecule has 0 amide bonds. The highest BCUT2D eigenvalue weighted by Gasteiger charge is 2.11. The number of hydrogen-bond acceptors (Lipinski definition) is 1. The summed E-state index contributed by atoms with van der Waals surface area (Å²) in [4.78, 5) is 0. The minimum atomic E-state index is -0.622. The maximum Gasteiger partial charge on any atom is 0.104 e. The molecule has 2 aromatic rings. The fourth-order valence-corrected chi connectivity index (χ4v) is 2.51. The Bertz CT molecular complexity index is 502. The first-order valence-corrected chi connectivity index (χ1v) is 6.44. The molecule has 2 aromatic carbocycles. The van der Waals surface area contributed by atoms with Gasteiger partial charge in [-0.2, -0.15) is 0 Å². The molecule has 0 fully saturated rings. The third kappa shape index (κ3) is 3.09. The van der Waals surface area contributed by atoms with Gasteiger partial charge in [-0.1, -0.05) is 45.7 Å². The first kappa shape index (κ1) is 12.6. The van der Waals surface area contributed by atoms with Crippen molar-refractivity contribution in [3.63, 3.8) is 0 Å². The zero-order valence-electron chi connectivity index (χ0n) is 9.32. The fraction of sp³-hybridized carbons (Fsp3) is 0.143. The Balaban J connectivity index is 2.36. The molecule has 17 heavy (non-hydrogen) atoms. The van der Waals surface area contributed by atoms with Crippen LogP contribution in [0.2, 0.25) is 5.02 Å². The molecular weight excluding hydrogens is 300 g/mol. The van der Waals surface area contributed by atoms with E-state index < -0.39 is 6.10 Å². The molecule has 0 aliphatic carbocycles. The van der Waals surface area contributed by atoms with Gasteiger partial charge in [0.25, 0.3) is 0 Å². The van der Waals surface area contributed by atoms with E-state index in [0.717, 1.165) is 21.2 Å². The second-order valence-electron chi connectivity index (χ2n) is 4.02. The van der Waals surface area contributed by atoms with Crippen LogP contribution in [-0.2, 0) is 0 Å². The Morgan fingerprint density at radius 1 is 1.06 bits per heavy atom. The van der Waals surface area contributed by atoms with Crippen LogP contribution in [0.4, 0.5) is 0 Å². The monoisotopic (exact) mass is 310 g/mol. The van der Waals surface area contributed by atoms with Crippen molar-refractivity contribution in [2.24, 2.45) is 0 Å². The number of halogens is 2. The summed E-state index contributed by atoms with van der Waals surface area (Å²) < 4.78 is 0.973. The smallest absolute Gasteiger partial charge is 0.104 e. The molecular formula is C14H12BrClO. The van der Waals surface area contributed by atoms with E-state index in [0.29, 0.717) is 5.02 Å². The number of aliphatic hydroxyl groups is 1. The molecule has 0 saturated heterocycles. The molecule has 2 rings (SSSR count). The van der Waals surface area contributed by atoms with Gasteiger partial charge in [0.2, 0.25) is 0 Å². The van der Waals surface area contributed by atoms with Gasteiger partial charge in [-0.3, -0.25) is 0 Å². The number of aliphatic hydroxyl groups excluding tert-OH is 1. The van der Waals surface area contributed by atoms with Crippen LogP contribution in [0.25, 0.3) is 0 Å². The summed E-state index contributed by atoms with van der Waals surface area (Å²) in [6.07, 6.45) is -0.622. The third-order valence-corrected chi connectivity index (χ3v) is 3.28. The van der Waals surface area contributed by atoms with E-state index in [1.807, 2.05) is 37.3 Å². The first-order valence-electron chi connectivity index (χ1n) is 5.27. The lowest BCUT2D eigenvalue weighted by molar-refractivity contribution is 0.220. The van der Waals surface area contributed by atoms with E-state index in [4.69, 9.17) is 11.6 Å². The predicted molar refractivity (Wildman–Crippen MR) is 74.4 cm³/mol.